The van der Waals surface area contributed by atoms with Gasteiger partial charge in [0.2, 0.25) is 0 Å². The Morgan fingerprint density at radius 2 is 1.73 bits per heavy atom. The fourth-order valence-electron chi connectivity index (χ4n) is 2.17. The molecule has 2 aromatic rings. The summed E-state index contributed by atoms with van der Waals surface area (Å²) >= 11 is 0. The van der Waals surface area contributed by atoms with Gasteiger partial charge in [-0.3, -0.25) is 0 Å². The molecule has 2 aromatic carbocycles. The lowest BCUT2D eigenvalue weighted by Gasteiger charge is -2.25. The molecule has 4 nitrogen and oxygen atoms in total. The molecular formula is C17H20FN3O. The number of halogens is 1. The number of amides is 2. The summed E-state index contributed by atoms with van der Waals surface area (Å²) in [4.78, 5) is 14.0. The molecule has 1 atom stereocenters. The number of nitrogens with one attached hydrogen (secondary N) is 2. The summed E-state index contributed by atoms with van der Waals surface area (Å²) in [5, 5.41) is 5.52. The van der Waals surface area contributed by atoms with Gasteiger partial charge in [-0.2, -0.15) is 0 Å². The Morgan fingerprint density at radius 1 is 1.09 bits per heavy atom. The van der Waals surface area contributed by atoms with Gasteiger partial charge in [-0.05, 0) is 43.9 Å². The van der Waals surface area contributed by atoms with Crippen LogP contribution in [0.2, 0.25) is 0 Å². The van der Waals surface area contributed by atoms with Crippen LogP contribution in [0.25, 0.3) is 0 Å². The van der Waals surface area contributed by atoms with E-state index in [0.717, 1.165) is 5.56 Å². The van der Waals surface area contributed by atoms with Gasteiger partial charge >= 0.3 is 6.03 Å². The van der Waals surface area contributed by atoms with Gasteiger partial charge < -0.3 is 15.5 Å². The lowest BCUT2D eigenvalue weighted by Crippen LogP contribution is -2.36. The number of benzene rings is 2. The highest BCUT2D eigenvalue weighted by molar-refractivity contribution is 5.89. The van der Waals surface area contributed by atoms with Crippen LogP contribution in [0.1, 0.15) is 11.6 Å². The number of carbonyl (C=O) groups is 1. The molecule has 116 valence electrons. The highest BCUT2D eigenvalue weighted by atomic mass is 19.1. The lowest BCUT2D eigenvalue weighted by molar-refractivity contribution is 0.243. The van der Waals surface area contributed by atoms with Gasteiger partial charge in [0.15, 0.2) is 0 Å². The largest absolute Gasteiger partial charge is 0.336 e. The molecule has 5 heteroatoms. The third kappa shape index (κ3) is 4.56. The number of likely N-dealkylation sites (N-methyl/N-ethyl adjacent to an activating group) is 1. The third-order valence-corrected chi connectivity index (χ3v) is 3.37. The van der Waals surface area contributed by atoms with Gasteiger partial charge in [0, 0.05) is 12.2 Å². The van der Waals surface area contributed by atoms with Crippen molar-refractivity contribution in [3.63, 3.8) is 0 Å². The highest BCUT2D eigenvalue weighted by Crippen LogP contribution is 2.16. The molecule has 0 radical (unpaired) electrons. The molecule has 0 heterocycles. The van der Waals surface area contributed by atoms with E-state index >= 15 is 0 Å². The third-order valence-electron chi connectivity index (χ3n) is 3.37. The molecule has 0 saturated carbocycles. The molecule has 0 aliphatic rings. The summed E-state index contributed by atoms with van der Waals surface area (Å²) in [7, 11) is 3.94. The van der Waals surface area contributed by atoms with E-state index in [1.54, 1.807) is 0 Å². The first kappa shape index (κ1) is 16.0. The average molecular weight is 301 g/mol. The first-order chi connectivity index (χ1) is 10.6. The van der Waals surface area contributed by atoms with E-state index in [9.17, 15) is 9.18 Å². The number of nitrogens with zero attached hydrogens (tertiary/aromatic N) is 1. The van der Waals surface area contributed by atoms with Crippen LogP contribution in [-0.2, 0) is 0 Å². The van der Waals surface area contributed by atoms with E-state index in [2.05, 4.69) is 10.6 Å². The van der Waals surface area contributed by atoms with Crippen LogP contribution in [0.4, 0.5) is 14.9 Å². The molecule has 0 aromatic heterocycles. The van der Waals surface area contributed by atoms with Crippen LogP contribution in [-0.4, -0.2) is 31.6 Å². The van der Waals surface area contributed by atoms with Crippen molar-refractivity contribution in [2.75, 3.05) is 26.0 Å². The molecule has 22 heavy (non-hydrogen) atoms. The van der Waals surface area contributed by atoms with Gasteiger partial charge in [-0.25, -0.2) is 9.18 Å². The second kappa shape index (κ2) is 7.56. The van der Waals surface area contributed by atoms with Gasteiger partial charge in [-0.1, -0.05) is 30.3 Å². The Morgan fingerprint density at radius 3 is 2.32 bits per heavy atom. The molecule has 0 aliphatic carbocycles. The summed E-state index contributed by atoms with van der Waals surface area (Å²) in [6, 6.07) is 15.4. The summed E-state index contributed by atoms with van der Waals surface area (Å²) < 4.78 is 12.8. The maximum absolute atomic E-state index is 12.8. The molecule has 0 saturated heterocycles. The zero-order valence-electron chi connectivity index (χ0n) is 12.7. The number of hydrogen-bond donors (Lipinski definition) is 2. The molecule has 2 N–H and O–H groups in total. The topological polar surface area (TPSA) is 44.4 Å². The zero-order chi connectivity index (χ0) is 15.9. The molecular weight excluding hydrogens is 281 g/mol. The molecule has 0 spiro atoms. The Hall–Kier alpha value is -2.40. The maximum atomic E-state index is 12.8. The number of rotatable bonds is 5. The summed E-state index contributed by atoms with van der Waals surface area (Å²) in [5.41, 5.74) is 1.69. The van der Waals surface area contributed by atoms with Crippen LogP contribution in [0.5, 0.6) is 0 Å². The van der Waals surface area contributed by atoms with Crippen molar-refractivity contribution in [3.05, 3.63) is 66.0 Å². The number of hydrogen-bond acceptors (Lipinski definition) is 2. The molecule has 2 rings (SSSR count). The standard InChI is InChI=1S/C17H20FN3O/c1-21(2)16(13-6-4-3-5-7-13)12-19-17(22)20-15-10-8-14(18)9-11-15/h3-11,16H,12H2,1-2H3,(H2,19,20,22)/t16-/m0/s1. The lowest BCUT2D eigenvalue weighted by atomic mass is 10.1. The van der Waals surface area contributed by atoms with Crippen molar-refractivity contribution < 1.29 is 9.18 Å². The van der Waals surface area contributed by atoms with Gasteiger partial charge in [-0.15, -0.1) is 0 Å². The average Bonchev–Trinajstić information content (AvgIpc) is 2.50. The predicted molar refractivity (Wildman–Crippen MR) is 86.3 cm³/mol. The number of urea groups is 1. The van der Waals surface area contributed by atoms with Gasteiger partial charge in [0.1, 0.15) is 5.82 Å². The Kier molecular flexibility index (Phi) is 5.49. The Bertz CT molecular complexity index is 599. The Balaban J connectivity index is 1.92. The van der Waals surface area contributed by atoms with Crippen LogP contribution in [0.3, 0.4) is 0 Å². The molecule has 2 amide bonds. The van der Waals surface area contributed by atoms with E-state index < -0.39 is 0 Å². The maximum Gasteiger partial charge on any atom is 0.319 e. The summed E-state index contributed by atoms with van der Waals surface area (Å²) in [6.45, 7) is 0.476. The molecule has 0 aliphatic heterocycles. The van der Waals surface area contributed by atoms with Crippen LogP contribution >= 0.6 is 0 Å². The van der Waals surface area contributed by atoms with E-state index in [1.165, 1.54) is 24.3 Å². The van der Waals surface area contributed by atoms with Crippen LogP contribution in [0, 0.1) is 5.82 Å². The van der Waals surface area contributed by atoms with Crippen molar-refractivity contribution in [1.29, 1.82) is 0 Å². The second-order valence-electron chi connectivity index (χ2n) is 5.23. The van der Waals surface area contributed by atoms with Crippen molar-refractivity contribution in [1.82, 2.24) is 10.2 Å². The normalized spacial score (nSPS) is 12.0. The molecule has 0 fully saturated rings. The van der Waals surface area contributed by atoms with E-state index in [-0.39, 0.29) is 17.9 Å². The van der Waals surface area contributed by atoms with Crippen LogP contribution in [0.15, 0.2) is 54.6 Å². The van der Waals surface area contributed by atoms with Crippen molar-refractivity contribution >= 4 is 11.7 Å². The van der Waals surface area contributed by atoms with Crippen LogP contribution < -0.4 is 10.6 Å². The molecule has 0 unspecified atom stereocenters. The first-order valence-corrected chi connectivity index (χ1v) is 7.08. The minimum Gasteiger partial charge on any atom is -0.336 e. The number of anilines is 1. The van der Waals surface area contributed by atoms with Crippen molar-refractivity contribution in [3.8, 4) is 0 Å². The fourth-order valence-corrected chi connectivity index (χ4v) is 2.17. The van der Waals surface area contributed by atoms with Gasteiger partial charge in [0.05, 0.1) is 6.04 Å². The monoisotopic (exact) mass is 301 g/mol. The SMILES string of the molecule is CN(C)[C@@H](CNC(=O)Nc1ccc(F)cc1)c1ccccc1. The molecule has 0 bridgehead atoms. The van der Waals surface area contributed by atoms with Gasteiger partial charge in [0.25, 0.3) is 0 Å². The summed E-state index contributed by atoms with van der Waals surface area (Å²) in [6.07, 6.45) is 0. The van der Waals surface area contributed by atoms with Crippen molar-refractivity contribution in [2.45, 2.75) is 6.04 Å². The van der Waals surface area contributed by atoms with E-state index in [0.29, 0.717) is 12.2 Å². The second-order valence-corrected chi connectivity index (χ2v) is 5.23. The smallest absolute Gasteiger partial charge is 0.319 e. The minimum absolute atomic E-state index is 0.0835. The minimum atomic E-state index is -0.331. The first-order valence-electron chi connectivity index (χ1n) is 7.08. The zero-order valence-corrected chi connectivity index (χ0v) is 12.7. The van der Waals surface area contributed by atoms with E-state index in [4.69, 9.17) is 0 Å². The fraction of sp³-hybridized carbons (Fsp3) is 0.235. The highest BCUT2D eigenvalue weighted by Gasteiger charge is 2.14. The quantitative estimate of drug-likeness (QED) is 0.890. The number of carbonyl (C=O) groups excluding carboxylic acids is 1. The van der Waals surface area contributed by atoms with E-state index in [1.807, 2.05) is 49.3 Å². The summed E-state index contributed by atoms with van der Waals surface area (Å²) in [5.74, 6) is -0.331. The Labute approximate surface area is 129 Å². The van der Waals surface area contributed by atoms with Crippen molar-refractivity contribution in [2.24, 2.45) is 0 Å². The predicted octanol–water partition coefficient (Wildman–Crippen LogP) is 3.25.